The van der Waals surface area contributed by atoms with Gasteiger partial charge < -0.3 is 20.3 Å². The third-order valence-electron chi connectivity index (χ3n) is 5.32. The molecule has 1 fully saturated rings. The average molecular weight is 410 g/mol. The quantitative estimate of drug-likeness (QED) is 0.811. The van der Waals surface area contributed by atoms with Crippen LogP contribution in [0.5, 0.6) is 0 Å². The number of rotatable bonds is 4. The van der Waals surface area contributed by atoms with Gasteiger partial charge in [-0.1, -0.05) is 30.3 Å². The van der Waals surface area contributed by atoms with Gasteiger partial charge in [-0.15, -0.1) is 0 Å². The molecule has 1 saturated heterocycles. The van der Waals surface area contributed by atoms with E-state index in [1.807, 2.05) is 0 Å². The Hall–Kier alpha value is -3.26. The number of nitrogens with one attached hydrogen (secondary N) is 2. The smallest absolute Gasteiger partial charge is 0.316 e. The minimum absolute atomic E-state index is 0.255. The molecule has 3 amide bonds. The van der Waals surface area contributed by atoms with Crippen molar-refractivity contribution in [2.75, 3.05) is 31.7 Å². The van der Waals surface area contributed by atoms with E-state index in [9.17, 15) is 14.0 Å². The van der Waals surface area contributed by atoms with E-state index in [-0.39, 0.29) is 11.5 Å². The fourth-order valence-corrected chi connectivity index (χ4v) is 3.64. The molecular formula is C22H23FN4O3. The number of aliphatic imine (C=N–C) groups is 1. The largest absolute Gasteiger partial charge is 0.381 e. The summed E-state index contributed by atoms with van der Waals surface area (Å²) in [5, 5.41) is 5.40. The first-order valence-corrected chi connectivity index (χ1v) is 9.86. The van der Waals surface area contributed by atoms with E-state index in [0.29, 0.717) is 36.7 Å². The molecule has 0 aliphatic carbocycles. The number of benzodiazepines with no additional fused rings is 1. The van der Waals surface area contributed by atoms with E-state index in [2.05, 4.69) is 15.6 Å². The predicted molar refractivity (Wildman–Crippen MR) is 111 cm³/mol. The number of nitrogens with zero attached hydrogens (tertiary/aromatic N) is 2. The number of anilines is 1. The Morgan fingerprint density at radius 1 is 1.20 bits per heavy atom. The molecule has 2 heterocycles. The summed E-state index contributed by atoms with van der Waals surface area (Å²) >= 11 is 0. The lowest BCUT2D eigenvalue weighted by molar-refractivity contribution is -0.119. The first kappa shape index (κ1) is 20.0. The molecular weight excluding hydrogens is 387 g/mol. The molecule has 2 N–H and O–H groups in total. The summed E-state index contributed by atoms with van der Waals surface area (Å²) in [5.74, 6) is -0.606. The zero-order valence-corrected chi connectivity index (χ0v) is 16.6. The molecule has 2 aromatic carbocycles. The molecule has 0 aromatic heterocycles. The number of hydrogen-bond donors (Lipinski definition) is 2. The Morgan fingerprint density at radius 3 is 2.67 bits per heavy atom. The molecule has 2 aliphatic rings. The Kier molecular flexibility index (Phi) is 5.76. The number of para-hydroxylation sites is 1. The van der Waals surface area contributed by atoms with Gasteiger partial charge in [0, 0.05) is 37.2 Å². The van der Waals surface area contributed by atoms with E-state index in [1.54, 1.807) is 49.5 Å². The summed E-state index contributed by atoms with van der Waals surface area (Å²) in [7, 11) is 1.61. The summed E-state index contributed by atoms with van der Waals surface area (Å²) in [6.45, 7) is 1.75. The number of hydrogen-bond acceptors (Lipinski definition) is 4. The van der Waals surface area contributed by atoms with Crippen molar-refractivity contribution in [1.29, 1.82) is 0 Å². The highest BCUT2D eigenvalue weighted by molar-refractivity contribution is 6.20. The second-order valence-electron chi connectivity index (χ2n) is 7.36. The van der Waals surface area contributed by atoms with Crippen LogP contribution in [0, 0.1) is 11.7 Å². The molecule has 2 aromatic rings. The van der Waals surface area contributed by atoms with Gasteiger partial charge >= 0.3 is 6.03 Å². The van der Waals surface area contributed by atoms with Crippen LogP contribution in [0.4, 0.5) is 14.9 Å². The average Bonchev–Trinajstić information content (AvgIpc) is 3.25. The highest BCUT2D eigenvalue weighted by Gasteiger charge is 2.31. The van der Waals surface area contributed by atoms with Crippen molar-refractivity contribution in [3.8, 4) is 0 Å². The van der Waals surface area contributed by atoms with Crippen molar-refractivity contribution < 1.29 is 18.7 Å². The molecule has 2 aliphatic heterocycles. The molecule has 30 heavy (non-hydrogen) atoms. The number of amides is 3. The fraction of sp³-hybridized carbons (Fsp3) is 0.318. The van der Waals surface area contributed by atoms with Gasteiger partial charge in [-0.2, -0.15) is 0 Å². The standard InChI is InChI=1S/C22H23FN4O3/c1-27-18-9-5-3-7-16(18)19(15-6-2-4-8-17(15)23)25-20(21(27)28)26-22(29)24-12-14-10-11-30-13-14/h2-9,14,20H,10-13H2,1H3,(H2,24,26,29). The number of likely N-dealkylation sites (N-methyl/N-ethyl adjacent to an activating group) is 1. The van der Waals surface area contributed by atoms with Crippen molar-refractivity contribution in [2.45, 2.75) is 12.6 Å². The van der Waals surface area contributed by atoms with Gasteiger partial charge in [0.15, 0.2) is 0 Å². The zero-order valence-electron chi connectivity index (χ0n) is 16.6. The fourth-order valence-electron chi connectivity index (χ4n) is 3.64. The number of carbonyl (C=O) groups is 2. The van der Waals surface area contributed by atoms with Crippen molar-refractivity contribution in [2.24, 2.45) is 10.9 Å². The van der Waals surface area contributed by atoms with E-state index in [1.165, 1.54) is 11.0 Å². The zero-order chi connectivity index (χ0) is 21.1. The number of carbonyl (C=O) groups excluding carboxylic acids is 2. The van der Waals surface area contributed by atoms with E-state index in [4.69, 9.17) is 4.74 Å². The highest BCUT2D eigenvalue weighted by Crippen LogP contribution is 2.28. The monoisotopic (exact) mass is 410 g/mol. The second-order valence-corrected chi connectivity index (χ2v) is 7.36. The van der Waals surface area contributed by atoms with Crippen LogP contribution in [0.3, 0.4) is 0 Å². The van der Waals surface area contributed by atoms with Gasteiger partial charge in [-0.25, -0.2) is 14.2 Å². The van der Waals surface area contributed by atoms with Crippen molar-refractivity contribution in [3.63, 3.8) is 0 Å². The van der Waals surface area contributed by atoms with Gasteiger partial charge in [0.1, 0.15) is 5.82 Å². The minimum Gasteiger partial charge on any atom is -0.381 e. The molecule has 4 rings (SSSR count). The minimum atomic E-state index is -1.18. The molecule has 7 nitrogen and oxygen atoms in total. The maximum atomic E-state index is 14.6. The van der Waals surface area contributed by atoms with Crippen LogP contribution in [-0.2, 0) is 9.53 Å². The van der Waals surface area contributed by atoms with Crippen molar-refractivity contribution in [3.05, 3.63) is 65.5 Å². The van der Waals surface area contributed by atoms with Crippen LogP contribution in [0.15, 0.2) is 53.5 Å². The Balaban J connectivity index is 1.65. The lowest BCUT2D eigenvalue weighted by atomic mass is 10.00. The van der Waals surface area contributed by atoms with Crippen LogP contribution < -0.4 is 15.5 Å². The lowest BCUT2D eigenvalue weighted by Gasteiger charge is -2.21. The number of urea groups is 1. The van der Waals surface area contributed by atoms with Gasteiger partial charge in [-0.3, -0.25) is 4.79 Å². The summed E-state index contributed by atoms with van der Waals surface area (Å²) in [4.78, 5) is 31.4. The van der Waals surface area contributed by atoms with Gasteiger partial charge in [-0.05, 0) is 24.6 Å². The Labute approximate surface area is 173 Å². The topological polar surface area (TPSA) is 83.0 Å². The lowest BCUT2D eigenvalue weighted by Crippen LogP contribution is -2.50. The SMILES string of the molecule is CN1C(=O)C(NC(=O)NCC2CCOC2)N=C(c2ccccc2F)c2ccccc21. The first-order valence-electron chi connectivity index (χ1n) is 9.86. The van der Waals surface area contributed by atoms with E-state index in [0.717, 1.165) is 6.42 Å². The molecule has 0 saturated carbocycles. The molecule has 8 heteroatoms. The third-order valence-corrected chi connectivity index (χ3v) is 5.32. The van der Waals surface area contributed by atoms with Crippen LogP contribution in [0.2, 0.25) is 0 Å². The molecule has 156 valence electrons. The van der Waals surface area contributed by atoms with Crippen LogP contribution >= 0.6 is 0 Å². The number of fused-ring (bicyclic) bond motifs is 1. The first-order chi connectivity index (χ1) is 14.5. The second kappa shape index (κ2) is 8.62. The molecule has 0 spiro atoms. The maximum Gasteiger partial charge on any atom is 0.316 e. The number of halogens is 1. The van der Waals surface area contributed by atoms with Crippen LogP contribution in [-0.4, -0.2) is 50.6 Å². The van der Waals surface area contributed by atoms with Gasteiger partial charge in [0.2, 0.25) is 6.17 Å². The van der Waals surface area contributed by atoms with Crippen LogP contribution in [0.25, 0.3) is 0 Å². The molecule has 0 radical (unpaired) electrons. The number of benzene rings is 2. The number of ether oxygens (including phenoxy) is 1. The van der Waals surface area contributed by atoms with Crippen LogP contribution in [0.1, 0.15) is 17.5 Å². The predicted octanol–water partition coefficient (Wildman–Crippen LogP) is 2.30. The van der Waals surface area contributed by atoms with Crippen molar-refractivity contribution in [1.82, 2.24) is 10.6 Å². The Bertz CT molecular complexity index is 988. The highest BCUT2D eigenvalue weighted by atomic mass is 19.1. The van der Waals surface area contributed by atoms with E-state index >= 15 is 0 Å². The molecule has 2 unspecified atom stereocenters. The summed E-state index contributed by atoms with van der Waals surface area (Å²) in [6.07, 6.45) is -0.298. The maximum absolute atomic E-state index is 14.6. The summed E-state index contributed by atoms with van der Waals surface area (Å²) in [6, 6.07) is 12.9. The molecule has 0 bridgehead atoms. The molecule has 2 atom stereocenters. The van der Waals surface area contributed by atoms with Crippen molar-refractivity contribution >= 4 is 23.3 Å². The van der Waals surface area contributed by atoms with Gasteiger partial charge in [0.25, 0.3) is 5.91 Å². The normalized spacial score (nSPS) is 20.9. The van der Waals surface area contributed by atoms with Gasteiger partial charge in [0.05, 0.1) is 18.0 Å². The van der Waals surface area contributed by atoms with E-state index < -0.39 is 23.9 Å². The summed E-state index contributed by atoms with van der Waals surface area (Å²) in [5.41, 5.74) is 1.79. The Morgan fingerprint density at radius 2 is 1.93 bits per heavy atom. The summed E-state index contributed by atoms with van der Waals surface area (Å²) < 4.78 is 19.9. The third kappa shape index (κ3) is 4.04.